The minimum absolute atomic E-state index is 0.113. The lowest BCUT2D eigenvalue weighted by molar-refractivity contribution is -0.385. The maximum absolute atomic E-state index is 14.3. The zero-order valence-corrected chi connectivity index (χ0v) is 22.6. The molecule has 0 bridgehead atoms. The minimum Gasteiger partial charge on any atom is -0.332 e. The summed E-state index contributed by atoms with van der Waals surface area (Å²) in [7, 11) is 1.67. The molecule has 1 aliphatic heterocycles. The monoisotopic (exact) mass is 568 g/mol. The van der Waals surface area contributed by atoms with Crippen LogP contribution in [0, 0.1) is 20.2 Å². The van der Waals surface area contributed by atoms with Crippen molar-refractivity contribution < 1.29 is 19.4 Å². The van der Waals surface area contributed by atoms with E-state index in [9.17, 15) is 29.8 Å². The van der Waals surface area contributed by atoms with Gasteiger partial charge in [-0.1, -0.05) is 72.8 Å². The van der Waals surface area contributed by atoms with Gasteiger partial charge in [-0.2, -0.15) is 0 Å². The summed E-state index contributed by atoms with van der Waals surface area (Å²) in [4.78, 5) is 52.5. The normalized spacial score (nSPS) is 17.9. The molecule has 0 saturated carbocycles. The second-order valence-corrected chi connectivity index (χ2v) is 10.7. The molecule has 0 unspecified atom stereocenters. The predicted octanol–water partition coefficient (Wildman–Crippen LogP) is 6.47. The molecule has 2 amide bonds. The summed E-state index contributed by atoms with van der Waals surface area (Å²) in [6.45, 7) is 0.333. The largest absolute Gasteiger partial charge is 0.332 e. The summed E-state index contributed by atoms with van der Waals surface area (Å²) in [6, 6.07) is 29.1. The number of β-lactam (4-membered cyclic amide) rings is 1. The van der Waals surface area contributed by atoms with Crippen LogP contribution in [0.5, 0.6) is 0 Å². The van der Waals surface area contributed by atoms with Crippen molar-refractivity contribution in [2.24, 2.45) is 0 Å². The maximum Gasteiger partial charge on any atom is 0.283 e. The number of anilines is 1. The quantitative estimate of drug-likeness (QED) is 0.135. The van der Waals surface area contributed by atoms with Crippen LogP contribution in [0.25, 0.3) is 0 Å². The van der Waals surface area contributed by atoms with Crippen molar-refractivity contribution in [3.8, 4) is 0 Å². The number of hydrogen-bond acceptors (Lipinski definition) is 7. The molecule has 0 aromatic heterocycles. The number of carbonyl (C=O) groups is 2. The van der Waals surface area contributed by atoms with Gasteiger partial charge >= 0.3 is 0 Å². The molecular formula is C30H24N4O6S. The van der Waals surface area contributed by atoms with Gasteiger partial charge in [0, 0.05) is 43.5 Å². The highest BCUT2D eigenvalue weighted by molar-refractivity contribution is 8.15. The van der Waals surface area contributed by atoms with Crippen LogP contribution in [0.15, 0.2) is 109 Å². The topological polar surface area (TPSA) is 127 Å². The van der Waals surface area contributed by atoms with Crippen LogP contribution in [0.4, 0.5) is 21.9 Å². The van der Waals surface area contributed by atoms with E-state index < -0.39 is 20.6 Å². The average molecular weight is 569 g/mol. The molecule has 0 spiro atoms. The Morgan fingerprint density at radius 1 is 0.829 bits per heavy atom. The van der Waals surface area contributed by atoms with Gasteiger partial charge in [0.25, 0.3) is 22.5 Å². The van der Waals surface area contributed by atoms with Crippen LogP contribution in [0.1, 0.15) is 22.7 Å². The van der Waals surface area contributed by atoms with Crippen LogP contribution in [0.2, 0.25) is 0 Å². The Balaban J connectivity index is 1.60. The molecule has 0 aliphatic carbocycles. The van der Waals surface area contributed by atoms with E-state index in [1.54, 1.807) is 48.3 Å². The summed E-state index contributed by atoms with van der Waals surface area (Å²) >= 11 is 0.896. The van der Waals surface area contributed by atoms with Crippen molar-refractivity contribution in [3.63, 3.8) is 0 Å². The number of nitro benzene ring substituents is 2. The van der Waals surface area contributed by atoms with Crippen LogP contribution in [-0.2, 0) is 16.1 Å². The second-order valence-electron chi connectivity index (χ2n) is 9.51. The van der Waals surface area contributed by atoms with Crippen molar-refractivity contribution in [2.45, 2.75) is 17.3 Å². The first-order valence-electron chi connectivity index (χ1n) is 12.6. The molecule has 41 heavy (non-hydrogen) atoms. The third-order valence-corrected chi connectivity index (χ3v) is 8.41. The van der Waals surface area contributed by atoms with Gasteiger partial charge in [-0.15, -0.1) is 0 Å². The minimum atomic E-state index is -1.40. The third-order valence-electron chi connectivity index (χ3n) is 6.96. The number of rotatable bonds is 8. The fourth-order valence-electron chi connectivity index (χ4n) is 4.96. The van der Waals surface area contributed by atoms with Crippen molar-refractivity contribution in [1.29, 1.82) is 0 Å². The number of nitro groups is 2. The van der Waals surface area contributed by atoms with E-state index in [1.165, 1.54) is 41.3 Å². The standard InChI is InChI=1S/C30H24N4O6S/c1-31(20-21-8-4-2-5-9-21)29(36)41-30(23-10-6-3-7-11-23)27(22-12-14-25(15-13-22)33(37)38)32(28(30)35)24-16-18-26(19-17-24)34(39)40/h2-19,27H,20H2,1H3/t27-,30+/m1/s1. The van der Waals surface area contributed by atoms with Crippen molar-refractivity contribution in [3.05, 3.63) is 146 Å². The fourth-order valence-corrected chi connectivity index (χ4v) is 6.24. The van der Waals surface area contributed by atoms with Gasteiger partial charge in [0.1, 0.15) is 0 Å². The van der Waals surface area contributed by atoms with Crippen LogP contribution >= 0.6 is 11.8 Å². The molecule has 1 aliphatic rings. The number of thioether (sulfide) groups is 1. The number of carbonyl (C=O) groups excluding carboxylic acids is 2. The van der Waals surface area contributed by atoms with E-state index in [1.807, 2.05) is 36.4 Å². The molecular weight excluding hydrogens is 544 g/mol. The first-order chi connectivity index (χ1) is 19.7. The zero-order chi connectivity index (χ0) is 29.1. The fraction of sp³-hybridized carbons (Fsp3) is 0.133. The van der Waals surface area contributed by atoms with E-state index in [0.717, 1.165) is 17.3 Å². The van der Waals surface area contributed by atoms with Crippen molar-refractivity contribution in [2.75, 3.05) is 11.9 Å². The molecule has 11 heteroatoms. The lowest BCUT2D eigenvalue weighted by Crippen LogP contribution is -2.65. The second kappa shape index (κ2) is 11.2. The zero-order valence-electron chi connectivity index (χ0n) is 21.8. The summed E-state index contributed by atoms with van der Waals surface area (Å²) in [5, 5.41) is 22.2. The molecule has 1 fully saturated rings. The molecule has 10 nitrogen and oxygen atoms in total. The first-order valence-corrected chi connectivity index (χ1v) is 13.4. The third kappa shape index (κ3) is 5.14. The summed E-state index contributed by atoms with van der Waals surface area (Å²) < 4.78 is -1.40. The molecule has 5 rings (SSSR count). The molecule has 4 aromatic carbocycles. The molecule has 2 atom stereocenters. The van der Waals surface area contributed by atoms with Gasteiger partial charge < -0.3 is 9.80 Å². The van der Waals surface area contributed by atoms with Crippen LogP contribution in [0.3, 0.4) is 0 Å². The van der Waals surface area contributed by atoms with Gasteiger partial charge in [0.15, 0.2) is 4.75 Å². The summed E-state index contributed by atoms with van der Waals surface area (Å²) in [6.07, 6.45) is 0. The lowest BCUT2D eigenvalue weighted by Gasteiger charge is -2.55. The molecule has 1 heterocycles. The van der Waals surface area contributed by atoms with E-state index in [0.29, 0.717) is 23.4 Å². The SMILES string of the molecule is CN(Cc1ccccc1)C(=O)S[C@]1(c2ccccc2)C(=O)N(c2ccc([N+](=O)[O-])cc2)[C@@H]1c1ccc([N+](=O)[O-])cc1. The average Bonchev–Trinajstić information content (AvgIpc) is 2.99. The van der Waals surface area contributed by atoms with E-state index >= 15 is 0 Å². The van der Waals surface area contributed by atoms with Crippen LogP contribution < -0.4 is 4.90 Å². The number of non-ortho nitro benzene ring substituents is 2. The van der Waals surface area contributed by atoms with Gasteiger partial charge in [0.05, 0.1) is 15.9 Å². The Morgan fingerprint density at radius 3 is 1.88 bits per heavy atom. The Bertz CT molecular complexity index is 1600. The number of benzene rings is 4. The highest BCUT2D eigenvalue weighted by atomic mass is 32.2. The predicted molar refractivity (Wildman–Crippen MR) is 155 cm³/mol. The number of amides is 2. The van der Waals surface area contributed by atoms with Gasteiger partial charge in [-0.25, -0.2) is 0 Å². The summed E-state index contributed by atoms with van der Waals surface area (Å²) in [5.74, 6) is -0.382. The van der Waals surface area contributed by atoms with Crippen LogP contribution in [-0.4, -0.2) is 32.9 Å². The molecule has 206 valence electrons. The highest BCUT2D eigenvalue weighted by Gasteiger charge is 2.64. The van der Waals surface area contributed by atoms with Gasteiger partial charge in [-0.3, -0.25) is 29.8 Å². The first kappa shape index (κ1) is 27.5. The Labute approximate surface area is 239 Å². The Kier molecular flexibility index (Phi) is 7.54. The van der Waals surface area contributed by atoms with Gasteiger partial charge in [-0.05, 0) is 40.6 Å². The number of hydrogen-bond donors (Lipinski definition) is 0. The van der Waals surface area contributed by atoms with Gasteiger partial charge in [0.2, 0.25) is 0 Å². The van der Waals surface area contributed by atoms with E-state index in [-0.39, 0.29) is 22.5 Å². The molecule has 4 aromatic rings. The Hall–Kier alpha value is -5.03. The van der Waals surface area contributed by atoms with Crippen molar-refractivity contribution in [1.82, 2.24) is 4.90 Å². The summed E-state index contributed by atoms with van der Waals surface area (Å²) in [5.41, 5.74) is 2.26. The van der Waals surface area contributed by atoms with Crippen molar-refractivity contribution >= 4 is 40.0 Å². The molecule has 0 N–H and O–H groups in total. The smallest absolute Gasteiger partial charge is 0.283 e. The van der Waals surface area contributed by atoms with E-state index in [2.05, 4.69) is 0 Å². The Morgan fingerprint density at radius 2 is 1.34 bits per heavy atom. The van der Waals surface area contributed by atoms with E-state index in [4.69, 9.17) is 0 Å². The maximum atomic E-state index is 14.3. The highest BCUT2D eigenvalue weighted by Crippen LogP contribution is 2.60. The molecule has 0 radical (unpaired) electrons. The lowest BCUT2D eigenvalue weighted by atomic mass is 9.76. The number of nitrogens with zero attached hydrogens (tertiary/aromatic N) is 4. The molecule has 1 saturated heterocycles.